The first-order valence-electron chi connectivity index (χ1n) is 13.6. The van der Waals surface area contributed by atoms with E-state index in [4.69, 9.17) is 11.2 Å². The van der Waals surface area contributed by atoms with E-state index >= 15 is 0 Å². The number of terminal acetylenes is 1. The zero-order valence-corrected chi connectivity index (χ0v) is 24.9. The van der Waals surface area contributed by atoms with E-state index in [2.05, 4.69) is 16.6 Å². The number of carbonyl (C=O) groups is 3. The number of hydrogen-bond acceptors (Lipinski definition) is 5. The van der Waals surface area contributed by atoms with Gasteiger partial charge in [-0.05, 0) is 84.2 Å². The van der Waals surface area contributed by atoms with Crippen LogP contribution in [0.15, 0.2) is 48.5 Å². The first kappa shape index (κ1) is 32.2. The van der Waals surface area contributed by atoms with Crippen LogP contribution in [0.4, 0.5) is 4.79 Å². The molecule has 0 saturated carbocycles. The highest BCUT2D eigenvalue weighted by atomic mass is 16.6. The Morgan fingerprint density at radius 3 is 2.12 bits per heavy atom. The molecule has 0 radical (unpaired) electrons. The molecule has 40 heavy (non-hydrogen) atoms. The third-order valence-corrected chi connectivity index (χ3v) is 6.47. The fourth-order valence-corrected chi connectivity index (χ4v) is 4.26. The second kappa shape index (κ2) is 13.4. The lowest BCUT2D eigenvalue weighted by atomic mass is 9.89. The van der Waals surface area contributed by atoms with Crippen molar-refractivity contribution < 1.29 is 24.2 Å². The van der Waals surface area contributed by atoms with Gasteiger partial charge in [-0.3, -0.25) is 9.59 Å². The van der Waals surface area contributed by atoms with Gasteiger partial charge in [-0.25, -0.2) is 4.79 Å². The Bertz CT molecular complexity index is 1220. The number of ether oxygens (including phenoxy) is 1. The van der Waals surface area contributed by atoms with Crippen molar-refractivity contribution in [3.63, 3.8) is 0 Å². The number of nitrogens with zero attached hydrogens (tertiary/aromatic N) is 1. The van der Waals surface area contributed by atoms with E-state index in [1.807, 2.05) is 34.6 Å². The fraction of sp³-hybridized carbons (Fsp3) is 0.469. The van der Waals surface area contributed by atoms with Crippen LogP contribution in [0, 0.1) is 12.3 Å². The smallest absolute Gasteiger partial charge is 0.408 e. The Morgan fingerprint density at radius 2 is 1.60 bits per heavy atom. The third kappa shape index (κ3) is 8.77. The number of carbonyl (C=O) groups excluding carboxylic acids is 3. The lowest BCUT2D eigenvalue weighted by Gasteiger charge is -2.45. The van der Waals surface area contributed by atoms with Crippen LogP contribution in [0.5, 0.6) is 5.75 Å². The number of phenols is 1. The lowest BCUT2D eigenvalue weighted by Crippen LogP contribution is -2.60. The molecule has 2 unspecified atom stereocenters. The monoisotopic (exact) mass is 549 g/mol. The highest BCUT2D eigenvalue weighted by molar-refractivity contribution is 5.93. The van der Waals surface area contributed by atoms with Crippen molar-refractivity contribution in [3.05, 3.63) is 65.2 Å². The number of alkyl carbamates (subject to hydrolysis) is 1. The Labute approximate surface area is 238 Å². The molecule has 3 N–H and O–H groups in total. The minimum absolute atomic E-state index is 0.0804. The summed E-state index contributed by atoms with van der Waals surface area (Å²) in [7, 11) is 0. The molecule has 0 aliphatic rings. The first-order valence-corrected chi connectivity index (χ1v) is 13.6. The molecule has 216 valence electrons. The Kier molecular flexibility index (Phi) is 10.8. The van der Waals surface area contributed by atoms with Crippen LogP contribution < -0.4 is 10.6 Å². The summed E-state index contributed by atoms with van der Waals surface area (Å²) < 4.78 is 5.48. The molecule has 0 aromatic heterocycles. The summed E-state index contributed by atoms with van der Waals surface area (Å²) >= 11 is 0. The number of aromatic hydroxyl groups is 1. The van der Waals surface area contributed by atoms with Crippen molar-refractivity contribution in [1.29, 1.82) is 0 Å². The van der Waals surface area contributed by atoms with Gasteiger partial charge < -0.3 is 25.4 Å². The number of hydrogen-bond donors (Lipinski definition) is 3. The summed E-state index contributed by atoms with van der Waals surface area (Å²) in [5.74, 6) is 1.88. The summed E-state index contributed by atoms with van der Waals surface area (Å²) in [4.78, 5) is 42.9. The van der Waals surface area contributed by atoms with Crippen molar-refractivity contribution in [2.75, 3.05) is 0 Å². The number of rotatable bonds is 10. The fourth-order valence-electron chi connectivity index (χ4n) is 4.26. The molecule has 0 bridgehead atoms. The maximum Gasteiger partial charge on any atom is 0.408 e. The van der Waals surface area contributed by atoms with E-state index < -0.39 is 35.2 Å². The summed E-state index contributed by atoms with van der Waals surface area (Å²) in [6.45, 7) is 14.6. The average Bonchev–Trinajstić information content (AvgIpc) is 2.86. The van der Waals surface area contributed by atoms with E-state index in [9.17, 15) is 19.5 Å². The van der Waals surface area contributed by atoms with Gasteiger partial charge in [0.25, 0.3) is 0 Å². The highest BCUT2D eigenvalue weighted by Gasteiger charge is 2.43. The zero-order valence-electron chi connectivity index (χ0n) is 24.9. The van der Waals surface area contributed by atoms with Crippen molar-refractivity contribution in [2.45, 2.75) is 97.5 Å². The average molecular weight is 550 g/mol. The molecule has 0 fully saturated rings. The third-order valence-electron chi connectivity index (χ3n) is 6.47. The van der Waals surface area contributed by atoms with Crippen LogP contribution >= 0.6 is 0 Å². The van der Waals surface area contributed by atoms with Gasteiger partial charge in [0.2, 0.25) is 11.8 Å². The van der Waals surface area contributed by atoms with Crippen LogP contribution in [0.2, 0.25) is 0 Å². The minimum atomic E-state index is -1.09. The van der Waals surface area contributed by atoms with Gasteiger partial charge in [0.15, 0.2) is 0 Å². The molecule has 0 aliphatic carbocycles. The molecule has 0 saturated heterocycles. The van der Waals surface area contributed by atoms with E-state index in [0.29, 0.717) is 23.1 Å². The summed E-state index contributed by atoms with van der Waals surface area (Å²) in [6, 6.07) is 11.1. The van der Waals surface area contributed by atoms with Gasteiger partial charge in [-0.1, -0.05) is 43.2 Å². The summed E-state index contributed by atoms with van der Waals surface area (Å²) in [5, 5.41) is 15.4. The largest absolute Gasteiger partial charge is 0.508 e. The molecule has 2 rings (SSSR count). The second-order valence-corrected chi connectivity index (χ2v) is 11.7. The molecule has 3 amide bonds. The quantitative estimate of drug-likeness (QED) is 0.358. The molecule has 0 heterocycles. The molecule has 0 spiro atoms. The van der Waals surface area contributed by atoms with E-state index in [0.717, 1.165) is 0 Å². The van der Waals surface area contributed by atoms with E-state index in [-0.39, 0.29) is 24.1 Å². The molecule has 8 heteroatoms. The predicted molar refractivity (Wildman–Crippen MR) is 157 cm³/mol. The Balaban J connectivity index is 2.72. The first-order chi connectivity index (χ1) is 18.6. The molecular weight excluding hydrogens is 506 g/mol. The molecule has 8 nitrogen and oxygen atoms in total. The molecule has 0 aliphatic heterocycles. The van der Waals surface area contributed by atoms with Crippen LogP contribution in [-0.4, -0.2) is 51.1 Å². The number of phenolic OH excluding ortho intramolecular Hbond substituents is 1. The SMILES string of the molecule is C#Cc1ccccc1C(C(=O)NC(C)C)N(C(=O)C(Cc1ccc(O)cc1)NC(=O)OC(C)(C)C)C(C)(C)CC. The van der Waals surface area contributed by atoms with Crippen molar-refractivity contribution >= 4 is 17.9 Å². The van der Waals surface area contributed by atoms with Crippen LogP contribution in [-0.2, 0) is 20.7 Å². The highest BCUT2D eigenvalue weighted by Crippen LogP contribution is 2.34. The van der Waals surface area contributed by atoms with Gasteiger partial charge in [0.05, 0.1) is 0 Å². The van der Waals surface area contributed by atoms with Crippen molar-refractivity contribution in [1.82, 2.24) is 15.5 Å². The maximum atomic E-state index is 14.6. The molecular formula is C32H43N3O5. The summed E-state index contributed by atoms with van der Waals surface area (Å²) in [6.07, 6.45) is 5.68. The number of amides is 3. The second-order valence-electron chi connectivity index (χ2n) is 11.7. The predicted octanol–water partition coefficient (Wildman–Crippen LogP) is 5.09. The minimum Gasteiger partial charge on any atom is -0.508 e. The molecule has 2 aromatic rings. The number of benzene rings is 2. The normalized spacial score (nSPS) is 13.1. The van der Waals surface area contributed by atoms with Gasteiger partial charge in [-0.15, -0.1) is 6.42 Å². The standard InChI is InChI=1S/C32H43N3O5/c1-10-23-14-12-13-15-25(23)27(28(37)33-21(3)4)35(32(8,9)11-2)29(38)26(34-30(39)40-31(5,6)7)20-22-16-18-24(36)19-17-22/h1,12-19,21,26-27,36H,11,20H2,2-9H3,(H,33,37)(H,34,39). The molecule has 2 atom stereocenters. The summed E-state index contributed by atoms with van der Waals surface area (Å²) in [5.41, 5.74) is 0.101. The Hall–Kier alpha value is -3.99. The maximum absolute atomic E-state index is 14.6. The van der Waals surface area contributed by atoms with Gasteiger partial charge in [-0.2, -0.15) is 0 Å². The van der Waals surface area contributed by atoms with E-state index in [1.165, 1.54) is 17.0 Å². The van der Waals surface area contributed by atoms with Crippen LogP contribution in [0.3, 0.4) is 0 Å². The number of nitrogens with one attached hydrogen (secondary N) is 2. The topological polar surface area (TPSA) is 108 Å². The lowest BCUT2D eigenvalue weighted by molar-refractivity contribution is -0.149. The Morgan fingerprint density at radius 1 is 1.00 bits per heavy atom. The van der Waals surface area contributed by atoms with Gasteiger partial charge in [0, 0.05) is 23.6 Å². The van der Waals surface area contributed by atoms with Crippen molar-refractivity contribution in [2.24, 2.45) is 0 Å². The zero-order chi connectivity index (χ0) is 30.3. The van der Waals surface area contributed by atoms with Crippen molar-refractivity contribution in [3.8, 4) is 18.1 Å². The van der Waals surface area contributed by atoms with Crippen LogP contribution in [0.1, 0.15) is 84.5 Å². The van der Waals surface area contributed by atoms with Gasteiger partial charge in [0.1, 0.15) is 23.4 Å². The van der Waals surface area contributed by atoms with Gasteiger partial charge >= 0.3 is 6.09 Å². The molecule has 2 aromatic carbocycles. The van der Waals surface area contributed by atoms with Crippen LogP contribution in [0.25, 0.3) is 0 Å². The van der Waals surface area contributed by atoms with E-state index in [1.54, 1.807) is 57.2 Å².